The van der Waals surface area contributed by atoms with Crippen LogP contribution in [0, 0.1) is 0 Å². The number of thiocarbonyl (C=S) groups is 1. The van der Waals surface area contributed by atoms with Crippen molar-refractivity contribution in [3.05, 3.63) is 60.2 Å². The Balaban J connectivity index is 2.06. The molecule has 0 spiro atoms. The highest BCUT2D eigenvalue weighted by Crippen LogP contribution is 2.21. The number of anilines is 1. The minimum atomic E-state index is -0.319. The van der Waals surface area contributed by atoms with Gasteiger partial charge in [-0.1, -0.05) is 18.2 Å². The first kappa shape index (κ1) is 22.4. The number of hydrogen-bond acceptors (Lipinski definition) is 5. The van der Waals surface area contributed by atoms with Crippen LogP contribution in [-0.4, -0.2) is 43.5 Å². The number of benzene rings is 2. The molecule has 0 atom stereocenters. The molecule has 0 aromatic heterocycles. The van der Waals surface area contributed by atoms with Gasteiger partial charge in [-0.25, -0.2) is 0 Å². The van der Waals surface area contributed by atoms with E-state index < -0.39 is 0 Å². The van der Waals surface area contributed by atoms with Gasteiger partial charge in [0.1, 0.15) is 11.5 Å². The number of aliphatic hydroxyl groups excluding tert-OH is 1. The molecule has 0 bridgehead atoms. The van der Waals surface area contributed by atoms with Gasteiger partial charge >= 0.3 is 0 Å². The van der Waals surface area contributed by atoms with Crippen LogP contribution in [0.4, 0.5) is 5.69 Å². The number of nitrogens with one attached hydrogen (secondary N) is 1. The minimum Gasteiger partial charge on any atom is -0.497 e. The van der Waals surface area contributed by atoms with Gasteiger partial charge in [-0.3, -0.25) is 10.1 Å². The summed E-state index contributed by atoms with van der Waals surface area (Å²) in [4.78, 5) is 14.2. The van der Waals surface area contributed by atoms with Crippen molar-refractivity contribution < 1.29 is 19.4 Å². The lowest BCUT2D eigenvalue weighted by Gasteiger charge is -2.25. The lowest BCUT2D eigenvalue weighted by molar-refractivity contribution is -0.115. The molecule has 2 rings (SSSR count). The van der Waals surface area contributed by atoms with E-state index in [1.54, 1.807) is 20.3 Å². The smallest absolute Gasteiger partial charge is 0.250 e. The average Bonchev–Trinajstić information content (AvgIpc) is 2.75. The zero-order valence-corrected chi connectivity index (χ0v) is 17.4. The third-order valence-corrected chi connectivity index (χ3v) is 4.50. The number of rotatable bonds is 9. The van der Waals surface area contributed by atoms with Crippen molar-refractivity contribution in [2.24, 2.45) is 0 Å². The van der Waals surface area contributed by atoms with Gasteiger partial charge in [0.05, 0.1) is 14.2 Å². The number of methoxy groups -OCH3 is 2. The monoisotopic (exact) mass is 414 g/mol. The summed E-state index contributed by atoms with van der Waals surface area (Å²) in [5.41, 5.74) is 1.69. The lowest BCUT2D eigenvalue weighted by Crippen LogP contribution is -2.42. The molecule has 0 aliphatic carbocycles. The molecule has 2 aromatic rings. The number of amides is 1. The number of nitrogens with zero attached hydrogens (tertiary/aromatic N) is 1. The van der Waals surface area contributed by atoms with E-state index >= 15 is 0 Å². The predicted octanol–water partition coefficient (Wildman–Crippen LogP) is 3.40. The summed E-state index contributed by atoms with van der Waals surface area (Å²) < 4.78 is 10.4. The van der Waals surface area contributed by atoms with Crippen LogP contribution in [0.15, 0.2) is 54.6 Å². The fraction of sp³-hybridized carbons (Fsp3) is 0.273. The molecule has 0 aliphatic heterocycles. The van der Waals surface area contributed by atoms with Crippen molar-refractivity contribution in [3.63, 3.8) is 0 Å². The zero-order valence-electron chi connectivity index (χ0n) is 16.6. The molecule has 0 fully saturated rings. The molecule has 7 heteroatoms. The van der Waals surface area contributed by atoms with E-state index in [0.29, 0.717) is 23.8 Å². The van der Waals surface area contributed by atoms with Crippen LogP contribution in [0.5, 0.6) is 11.5 Å². The van der Waals surface area contributed by atoms with Gasteiger partial charge in [0.25, 0.3) is 0 Å². The molecule has 0 saturated heterocycles. The summed E-state index contributed by atoms with van der Waals surface area (Å²) in [5, 5.41) is 12.1. The molecule has 0 aliphatic rings. The SMILES string of the molecule is COc1ccc(C=CC(=O)NC(=S)N(CCCCO)c2cccc(OC)c2)cc1. The Labute approximate surface area is 176 Å². The van der Waals surface area contributed by atoms with Crippen LogP contribution in [0.25, 0.3) is 6.08 Å². The molecule has 2 N–H and O–H groups in total. The highest BCUT2D eigenvalue weighted by atomic mass is 32.1. The number of carbonyl (C=O) groups is 1. The first-order chi connectivity index (χ1) is 14.1. The fourth-order valence-electron chi connectivity index (χ4n) is 2.61. The number of ether oxygens (including phenoxy) is 2. The first-order valence-corrected chi connectivity index (χ1v) is 9.67. The van der Waals surface area contributed by atoms with Gasteiger partial charge < -0.3 is 19.5 Å². The summed E-state index contributed by atoms with van der Waals surface area (Å²) in [6, 6.07) is 14.8. The highest BCUT2D eigenvalue weighted by molar-refractivity contribution is 7.80. The molecule has 0 radical (unpaired) electrons. The summed E-state index contributed by atoms with van der Waals surface area (Å²) in [5.74, 6) is 1.13. The second-order valence-corrected chi connectivity index (χ2v) is 6.57. The highest BCUT2D eigenvalue weighted by Gasteiger charge is 2.14. The molecule has 0 saturated carbocycles. The average molecular weight is 415 g/mol. The molecule has 0 heterocycles. The number of carbonyl (C=O) groups excluding carboxylic acids is 1. The molecule has 29 heavy (non-hydrogen) atoms. The fourth-order valence-corrected chi connectivity index (χ4v) is 2.91. The topological polar surface area (TPSA) is 71.0 Å². The van der Waals surface area contributed by atoms with E-state index in [4.69, 9.17) is 26.8 Å². The molecule has 6 nitrogen and oxygen atoms in total. The van der Waals surface area contributed by atoms with Gasteiger partial charge in [-0.15, -0.1) is 0 Å². The van der Waals surface area contributed by atoms with Crippen molar-refractivity contribution in [1.82, 2.24) is 5.32 Å². The number of aliphatic hydroxyl groups is 1. The Kier molecular flexibility index (Phi) is 9.14. The molecular formula is C22H26N2O4S. The standard InChI is InChI=1S/C22H26N2O4S/c1-27-19-11-8-17(9-12-19)10-13-21(26)23-22(29)24(14-3-4-15-25)18-6-5-7-20(16-18)28-2/h5-13,16,25H,3-4,14-15H2,1-2H3,(H,23,26,29). The summed E-state index contributed by atoms with van der Waals surface area (Å²) >= 11 is 5.47. The zero-order chi connectivity index (χ0) is 21.1. The summed E-state index contributed by atoms with van der Waals surface area (Å²) in [6.07, 6.45) is 4.52. The van der Waals surface area contributed by atoms with Crippen molar-refractivity contribution >= 4 is 35.0 Å². The summed E-state index contributed by atoms with van der Waals surface area (Å²) in [7, 11) is 3.20. The predicted molar refractivity (Wildman–Crippen MR) is 119 cm³/mol. The van der Waals surface area contributed by atoms with Crippen LogP contribution in [-0.2, 0) is 4.79 Å². The molecule has 0 unspecified atom stereocenters. The third-order valence-electron chi connectivity index (χ3n) is 4.17. The lowest BCUT2D eigenvalue weighted by atomic mass is 10.2. The van der Waals surface area contributed by atoms with Crippen molar-refractivity contribution in [3.8, 4) is 11.5 Å². The van der Waals surface area contributed by atoms with Gasteiger partial charge in [0.15, 0.2) is 5.11 Å². The van der Waals surface area contributed by atoms with Crippen molar-refractivity contribution in [2.45, 2.75) is 12.8 Å². The third kappa shape index (κ3) is 7.21. The summed E-state index contributed by atoms with van der Waals surface area (Å²) in [6.45, 7) is 0.671. The first-order valence-electron chi connectivity index (χ1n) is 9.27. The maximum Gasteiger partial charge on any atom is 0.250 e. The van der Waals surface area contributed by atoms with Gasteiger partial charge in [-0.05, 0) is 61.0 Å². The molecular weight excluding hydrogens is 388 g/mol. The number of hydrogen-bond donors (Lipinski definition) is 2. The number of unbranched alkanes of at least 4 members (excludes halogenated alkanes) is 1. The Hall–Kier alpha value is -2.90. The van der Waals surface area contributed by atoms with Crippen molar-refractivity contribution in [2.75, 3.05) is 32.3 Å². The molecule has 2 aromatic carbocycles. The Morgan fingerprint density at radius 2 is 1.83 bits per heavy atom. The van der Waals surface area contributed by atoms with Crippen LogP contribution >= 0.6 is 12.2 Å². The molecule has 1 amide bonds. The van der Waals surface area contributed by atoms with Gasteiger partial charge in [0, 0.05) is 31.0 Å². The van der Waals surface area contributed by atoms with Gasteiger partial charge in [0.2, 0.25) is 5.91 Å². The largest absolute Gasteiger partial charge is 0.497 e. The van der Waals surface area contributed by atoms with Crippen LogP contribution < -0.4 is 19.7 Å². The Morgan fingerprint density at radius 3 is 2.48 bits per heavy atom. The van der Waals surface area contributed by atoms with Crippen LogP contribution in [0.3, 0.4) is 0 Å². The molecule has 154 valence electrons. The van der Waals surface area contributed by atoms with E-state index in [0.717, 1.165) is 23.4 Å². The second kappa shape index (κ2) is 11.8. The van der Waals surface area contributed by atoms with E-state index in [9.17, 15) is 4.79 Å². The maximum absolute atomic E-state index is 12.3. The Morgan fingerprint density at radius 1 is 1.10 bits per heavy atom. The van der Waals surface area contributed by atoms with E-state index in [1.165, 1.54) is 6.08 Å². The normalized spacial score (nSPS) is 10.6. The van der Waals surface area contributed by atoms with Crippen LogP contribution in [0.1, 0.15) is 18.4 Å². The minimum absolute atomic E-state index is 0.107. The second-order valence-electron chi connectivity index (χ2n) is 6.18. The Bertz CT molecular complexity index is 837. The van der Waals surface area contributed by atoms with Gasteiger partial charge in [-0.2, -0.15) is 0 Å². The van der Waals surface area contributed by atoms with Crippen LogP contribution in [0.2, 0.25) is 0 Å². The quantitative estimate of drug-likeness (QED) is 0.372. The van der Waals surface area contributed by atoms with E-state index in [-0.39, 0.29) is 12.5 Å². The maximum atomic E-state index is 12.3. The van der Waals surface area contributed by atoms with E-state index in [1.807, 2.05) is 53.4 Å². The van der Waals surface area contributed by atoms with Crippen molar-refractivity contribution in [1.29, 1.82) is 0 Å². The van der Waals surface area contributed by atoms with E-state index in [2.05, 4.69) is 5.32 Å².